The highest BCUT2D eigenvalue weighted by molar-refractivity contribution is 5.78. The van der Waals surface area contributed by atoms with E-state index in [2.05, 4.69) is 17.6 Å². The van der Waals surface area contributed by atoms with Gasteiger partial charge in [0.25, 0.3) is 0 Å². The smallest absolute Gasteiger partial charge is 0.224 e. The van der Waals surface area contributed by atoms with Crippen molar-refractivity contribution in [3.05, 3.63) is 35.6 Å². The highest BCUT2D eigenvalue weighted by atomic mass is 19.1. The second-order valence-electron chi connectivity index (χ2n) is 5.87. The molecular weight excluding hydrogens is 267 g/mol. The first kappa shape index (κ1) is 16.0. The number of carbonyl (C=O) groups is 1. The molecule has 1 aromatic carbocycles. The minimum atomic E-state index is -0.267. The van der Waals surface area contributed by atoms with Gasteiger partial charge in [0.05, 0.1) is 6.42 Å². The number of rotatable bonds is 6. The van der Waals surface area contributed by atoms with E-state index in [-0.39, 0.29) is 17.8 Å². The second-order valence-corrected chi connectivity index (χ2v) is 5.87. The van der Waals surface area contributed by atoms with Crippen LogP contribution in [0.25, 0.3) is 0 Å². The summed E-state index contributed by atoms with van der Waals surface area (Å²) in [5.41, 5.74) is 0.854. The molecule has 1 aromatic rings. The Morgan fingerprint density at radius 3 is 2.38 bits per heavy atom. The summed E-state index contributed by atoms with van der Waals surface area (Å²) in [6.07, 6.45) is 5.82. The molecule has 0 saturated heterocycles. The van der Waals surface area contributed by atoms with Gasteiger partial charge in [0.1, 0.15) is 5.82 Å². The molecule has 2 N–H and O–H groups in total. The molecule has 1 aliphatic rings. The van der Waals surface area contributed by atoms with Gasteiger partial charge in [0.15, 0.2) is 0 Å². The van der Waals surface area contributed by atoms with Crippen molar-refractivity contribution in [2.45, 2.75) is 57.5 Å². The average molecular weight is 292 g/mol. The van der Waals surface area contributed by atoms with E-state index >= 15 is 0 Å². The predicted molar refractivity (Wildman–Crippen MR) is 82.6 cm³/mol. The van der Waals surface area contributed by atoms with Crippen LogP contribution in [0.1, 0.15) is 44.6 Å². The van der Waals surface area contributed by atoms with E-state index in [9.17, 15) is 9.18 Å². The molecule has 0 aliphatic heterocycles. The summed E-state index contributed by atoms with van der Waals surface area (Å²) < 4.78 is 12.8. The third kappa shape index (κ3) is 5.46. The van der Waals surface area contributed by atoms with Crippen molar-refractivity contribution < 1.29 is 9.18 Å². The Morgan fingerprint density at radius 2 is 1.76 bits per heavy atom. The summed E-state index contributed by atoms with van der Waals surface area (Å²) in [6, 6.07) is 7.02. The molecule has 0 unspecified atom stereocenters. The first-order chi connectivity index (χ1) is 10.2. The summed E-state index contributed by atoms with van der Waals surface area (Å²) >= 11 is 0. The molecule has 0 radical (unpaired) electrons. The number of carbonyl (C=O) groups excluding carboxylic acids is 1. The van der Waals surface area contributed by atoms with Crippen molar-refractivity contribution in [2.24, 2.45) is 0 Å². The second kappa shape index (κ2) is 8.13. The van der Waals surface area contributed by atoms with E-state index in [4.69, 9.17) is 0 Å². The van der Waals surface area contributed by atoms with Gasteiger partial charge in [0, 0.05) is 12.1 Å². The molecule has 0 spiro atoms. The van der Waals surface area contributed by atoms with E-state index in [1.54, 1.807) is 12.1 Å². The minimum Gasteiger partial charge on any atom is -0.353 e. The number of amides is 1. The molecule has 4 heteroatoms. The Balaban J connectivity index is 1.70. The fourth-order valence-corrected chi connectivity index (χ4v) is 2.86. The Morgan fingerprint density at radius 1 is 1.14 bits per heavy atom. The van der Waals surface area contributed by atoms with Crippen molar-refractivity contribution in [1.29, 1.82) is 0 Å². The lowest BCUT2D eigenvalue weighted by Gasteiger charge is -2.29. The summed E-state index contributed by atoms with van der Waals surface area (Å²) in [7, 11) is 0. The molecule has 2 rings (SSSR count). The van der Waals surface area contributed by atoms with Crippen LogP contribution in [0, 0.1) is 5.82 Å². The van der Waals surface area contributed by atoms with E-state index in [1.807, 2.05) is 0 Å². The van der Waals surface area contributed by atoms with Gasteiger partial charge < -0.3 is 10.6 Å². The molecule has 1 fully saturated rings. The van der Waals surface area contributed by atoms with Crippen LogP contribution >= 0.6 is 0 Å². The summed E-state index contributed by atoms with van der Waals surface area (Å²) in [5, 5.41) is 6.64. The Labute approximate surface area is 126 Å². The Hall–Kier alpha value is -1.42. The molecule has 1 aliphatic carbocycles. The van der Waals surface area contributed by atoms with Crippen molar-refractivity contribution in [2.75, 3.05) is 6.54 Å². The van der Waals surface area contributed by atoms with E-state index < -0.39 is 0 Å². The van der Waals surface area contributed by atoms with Crippen molar-refractivity contribution >= 4 is 5.91 Å². The Kier molecular flexibility index (Phi) is 6.18. The fourth-order valence-electron chi connectivity index (χ4n) is 2.86. The number of benzene rings is 1. The van der Waals surface area contributed by atoms with Gasteiger partial charge >= 0.3 is 0 Å². The molecule has 3 nitrogen and oxygen atoms in total. The molecule has 116 valence electrons. The molecular formula is C17H25FN2O. The van der Waals surface area contributed by atoms with Crippen molar-refractivity contribution in [1.82, 2.24) is 10.6 Å². The highest BCUT2D eigenvalue weighted by Gasteiger charge is 2.21. The Bertz CT molecular complexity index is 439. The van der Waals surface area contributed by atoms with Crippen molar-refractivity contribution in [3.8, 4) is 0 Å². The minimum absolute atomic E-state index is 0.0339. The fraction of sp³-hybridized carbons (Fsp3) is 0.588. The third-order valence-electron chi connectivity index (χ3n) is 4.05. The van der Waals surface area contributed by atoms with Crippen LogP contribution in [0.2, 0.25) is 0 Å². The molecule has 0 atom stereocenters. The third-order valence-corrected chi connectivity index (χ3v) is 4.05. The normalized spacial score (nSPS) is 22.0. The van der Waals surface area contributed by atoms with Crippen LogP contribution in [-0.2, 0) is 11.2 Å². The van der Waals surface area contributed by atoms with Gasteiger partial charge in [-0.15, -0.1) is 0 Å². The van der Waals surface area contributed by atoms with E-state index in [1.165, 1.54) is 12.1 Å². The van der Waals surface area contributed by atoms with Gasteiger partial charge in [-0.1, -0.05) is 19.1 Å². The monoisotopic (exact) mass is 292 g/mol. The first-order valence-corrected chi connectivity index (χ1v) is 7.94. The largest absolute Gasteiger partial charge is 0.353 e. The van der Waals surface area contributed by atoms with Crippen LogP contribution in [0.4, 0.5) is 4.39 Å². The lowest BCUT2D eigenvalue weighted by molar-refractivity contribution is -0.121. The van der Waals surface area contributed by atoms with Gasteiger partial charge in [0.2, 0.25) is 5.91 Å². The number of hydrogen-bond donors (Lipinski definition) is 2. The molecule has 1 saturated carbocycles. The van der Waals surface area contributed by atoms with Crippen LogP contribution < -0.4 is 10.6 Å². The maximum Gasteiger partial charge on any atom is 0.224 e. The quantitative estimate of drug-likeness (QED) is 0.846. The molecule has 1 amide bonds. The maximum absolute atomic E-state index is 12.8. The number of halogens is 1. The topological polar surface area (TPSA) is 41.1 Å². The zero-order valence-electron chi connectivity index (χ0n) is 12.7. The standard InChI is InChI=1S/C17H25FN2O/c1-2-11-19-15-7-9-16(10-8-15)20-17(21)12-13-3-5-14(18)6-4-13/h3-6,15-16,19H,2,7-12H2,1H3,(H,20,21). The molecule has 21 heavy (non-hydrogen) atoms. The van der Waals surface area contributed by atoms with Gasteiger partial charge in [-0.3, -0.25) is 4.79 Å². The lowest BCUT2D eigenvalue weighted by Crippen LogP contribution is -2.42. The number of nitrogens with one attached hydrogen (secondary N) is 2. The SMILES string of the molecule is CCCNC1CCC(NC(=O)Cc2ccc(F)cc2)CC1. The first-order valence-electron chi connectivity index (χ1n) is 7.94. The predicted octanol–water partition coefficient (Wildman–Crippen LogP) is 2.80. The van der Waals surface area contributed by atoms with Gasteiger partial charge in [-0.2, -0.15) is 0 Å². The highest BCUT2D eigenvalue weighted by Crippen LogP contribution is 2.18. The van der Waals surface area contributed by atoms with E-state index in [0.717, 1.165) is 44.2 Å². The van der Waals surface area contributed by atoms with Gasteiger partial charge in [-0.25, -0.2) is 4.39 Å². The van der Waals surface area contributed by atoms with Crippen LogP contribution in [-0.4, -0.2) is 24.5 Å². The van der Waals surface area contributed by atoms with Crippen LogP contribution in [0.5, 0.6) is 0 Å². The summed E-state index contributed by atoms with van der Waals surface area (Å²) in [6.45, 7) is 3.25. The zero-order valence-corrected chi connectivity index (χ0v) is 12.7. The maximum atomic E-state index is 12.8. The zero-order chi connectivity index (χ0) is 15.1. The summed E-state index contributed by atoms with van der Waals surface area (Å²) in [5.74, 6) is -0.233. The van der Waals surface area contributed by atoms with Crippen molar-refractivity contribution in [3.63, 3.8) is 0 Å². The van der Waals surface area contributed by atoms with Crippen LogP contribution in [0.3, 0.4) is 0 Å². The average Bonchev–Trinajstić information content (AvgIpc) is 2.49. The molecule has 0 heterocycles. The van der Waals surface area contributed by atoms with E-state index in [0.29, 0.717) is 12.5 Å². The molecule has 0 aromatic heterocycles. The van der Waals surface area contributed by atoms with Gasteiger partial charge in [-0.05, 0) is 56.3 Å². The van der Waals surface area contributed by atoms with Crippen LogP contribution in [0.15, 0.2) is 24.3 Å². The summed E-state index contributed by atoms with van der Waals surface area (Å²) in [4.78, 5) is 12.0. The molecule has 0 bridgehead atoms. The number of hydrogen-bond acceptors (Lipinski definition) is 2. The lowest BCUT2D eigenvalue weighted by atomic mass is 9.91.